The van der Waals surface area contributed by atoms with Gasteiger partial charge in [0.05, 0.1) is 18.5 Å². The average molecular weight is 505 g/mol. The van der Waals surface area contributed by atoms with Crippen molar-refractivity contribution in [1.82, 2.24) is 14.6 Å². The fourth-order valence-electron chi connectivity index (χ4n) is 3.35. The van der Waals surface area contributed by atoms with Gasteiger partial charge in [0.1, 0.15) is 10.9 Å². The van der Waals surface area contributed by atoms with E-state index in [4.69, 9.17) is 20.8 Å². The van der Waals surface area contributed by atoms with E-state index in [2.05, 4.69) is 43.9 Å². The molecule has 0 bridgehead atoms. The molecule has 0 spiro atoms. The summed E-state index contributed by atoms with van der Waals surface area (Å²) in [5.74, 6) is 1.01. The standard InChI is InChI=1S/C24H33ClN4O4Si/c1-7-32-18-12-10-17(11-13-18)28(23(30)31)22-19(21(25)27-20-14-15-26-29(20)22)9-8-16-33-34(5,6)24(2,3)4/h10-15H,7-9,16H2,1-6H3,(H,30,31). The maximum atomic E-state index is 12.5. The van der Waals surface area contributed by atoms with Gasteiger partial charge in [-0.05, 0) is 62.2 Å². The first kappa shape index (κ1) is 26.0. The van der Waals surface area contributed by atoms with Gasteiger partial charge in [0, 0.05) is 18.2 Å². The molecule has 0 radical (unpaired) electrons. The van der Waals surface area contributed by atoms with Crippen molar-refractivity contribution in [2.45, 2.75) is 58.7 Å². The van der Waals surface area contributed by atoms with Crippen LogP contribution in [0.1, 0.15) is 39.7 Å². The van der Waals surface area contributed by atoms with Crippen molar-refractivity contribution >= 4 is 43.2 Å². The minimum absolute atomic E-state index is 0.110. The summed E-state index contributed by atoms with van der Waals surface area (Å²) in [6.45, 7) is 14.0. The molecule has 3 aromatic rings. The number of anilines is 2. The fraction of sp³-hybridized carbons (Fsp3) is 0.458. The van der Waals surface area contributed by atoms with Gasteiger partial charge in [0.15, 0.2) is 19.8 Å². The zero-order valence-corrected chi connectivity index (χ0v) is 22.4. The molecule has 0 unspecified atom stereocenters. The molecule has 1 amide bonds. The second-order valence-corrected chi connectivity index (χ2v) is 14.7. The molecule has 2 aromatic heterocycles. The highest BCUT2D eigenvalue weighted by Crippen LogP contribution is 2.37. The molecule has 10 heteroatoms. The van der Waals surface area contributed by atoms with Gasteiger partial charge < -0.3 is 14.3 Å². The Morgan fingerprint density at radius 1 is 1.21 bits per heavy atom. The molecule has 1 aromatic carbocycles. The van der Waals surface area contributed by atoms with Gasteiger partial charge in [-0.25, -0.2) is 14.7 Å². The van der Waals surface area contributed by atoms with Crippen LogP contribution in [0.15, 0.2) is 36.5 Å². The summed E-state index contributed by atoms with van der Waals surface area (Å²) >= 11 is 6.59. The van der Waals surface area contributed by atoms with Crippen molar-refractivity contribution in [1.29, 1.82) is 0 Å². The number of aromatic nitrogens is 3. The second-order valence-electron chi connectivity index (χ2n) is 9.56. The van der Waals surface area contributed by atoms with Crippen molar-refractivity contribution < 1.29 is 19.1 Å². The number of carbonyl (C=O) groups is 1. The Morgan fingerprint density at radius 3 is 2.47 bits per heavy atom. The van der Waals surface area contributed by atoms with Crippen LogP contribution in [0.25, 0.3) is 5.65 Å². The number of amides is 1. The molecular formula is C24H33ClN4O4Si. The molecule has 0 fully saturated rings. The highest BCUT2D eigenvalue weighted by Gasteiger charge is 2.37. The second kappa shape index (κ2) is 10.3. The molecule has 0 aliphatic carbocycles. The topological polar surface area (TPSA) is 89.2 Å². The van der Waals surface area contributed by atoms with E-state index in [1.807, 2.05) is 6.92 Å². The van der Waals surface area contributed by atoms with Crippen LogP contribution >= 0.6 is 11.6 Å². The van der Waals surface area contributed by atoms with Gasteiger partial charge in [0.25, 0.3) is 0 Å². The number of hydrogen-bond donors (Lipinski definition) is 1. The molecule has 34 heavy (non-hydrogen) atoms. The van der Waals surface area contributed by atoms with Crippen LogP contribution in [0.5, 0.6) is 5.75 Å². The van der Waals surface area contributed by atoms with Crippen LogP contribution in [0.4, 0.5) is 16.3 Å². The lowest BCUT2D eigenvalue weighted by Gasteiger charge is -2.36. The Kier molecular flexibility index (Phi) is 7.90. The maximum absolute atomic E-state index is 12.5. The number of halogens is 1. The summed E-state index contributed by atoms with van der Waals surface area (Å²) < 4.78 is 13.3. The molecule has 0 atom stereocenters. The fourth-order valence-corrected chi connectivity index (χ4v) is 4.70. The Bertz CT molecular complexity index is 1140. The van der Waals surface area contributed by atoms with Crippen LogP contribution in [0.3, 0.4) is 0 Å². The molecule has 0 saturated heterocycles. The third-order valence-electron chi connectivity index (χ3n) is 6.20. The number of ether oxygens (including phenoxy) is 1. The SMILES string of the molecule is CCOc1ccc(N(C(=O)O)c2c(CCCO[Si](C)(C)C(C)(C)C)c(Cl)nc3ccnn23)cc1. The van der Waals surface area contributed by atoms with E-state index in [-0.39, 0.29) is 10.2 Å². The van der Waals surface area contributed by atoms with Gasteiger partial charge in [0.2, 0.25) is 0 Å². The normalized spacial score (nSPS) is 12.2. The lowest BCUT2D eigenvalue weighted by molar-refractivity contribution is 0.204. The molecule has 0 aliphatic heterocycles. The molecular weight excluding hydrogens is 472 g/mol. The van der Waals surface area contributed by atoms with Crippen molar-refractivity contribution in [2.75, 3.05) is 18.1 Å². The van der Waals surface area contributed by atoms with E-state index >= 15 is 0 Å². The van der Waals surface area contributed by atoms with Crippen LogP contribution in [0.2, 0.25) is 23.3 Å². The van der Waals surface area contributed by atoms with Crippen LogP contribution in [-0.2, 0) is 10.8 Å². The Hall–Kier alpha value is -2.62. The number of nitrogens with zero attached hydrogens (tertiary/aromatic N) is 4. The Morgan fingerprint density at radius 2 is 1.88 bits per heavy atom. The van der Waals surface area contributed by atoms with Gasteiger partial charge >= 0.3 is 6.09 Å². The molecule has 2 heterocycles. The van der Waals surface area contributed by atoms with Crippen molar-refractivity contribution in [2.24, 2.45) is 0 Å². The first-order valence-electron chi connectivity index (χ1n) is 11.4. The first-order valence-corrected chi connectivity index (χ1v) is 14.7. The Labute approximate surface area is 206 Å². The molecule has 0 saturated carbocycles. The van der Waals surface area contributed by atoms with Crippen LogP contribution < -0.4 is 9.64 Å². The van der Waals surface area contributed by atoms with Crippen molar-refractivity contribution in [3.8, 4) is 5.75 Å². The van der Waals surface area contributed by atoms with Crippen molar-refractivity contribution in [3.63, 3.8) is 0 Å². The lowest BCUT2D eigenvalue weighted by atomic mass is 10.1. The summed E-state index contributed by atoms with van der Waals surface area (Å²) in [5.41, 5.74) is 1.53. The first-order chi connectivity index (χ1) is 16.0. The van der Waals surface area contributed by atoms with E-state index in [0.29, 0.717) is 54.5 Å². The predicted octanol–water partition coefficient (Wildman–Crippen LogP) is 6.55. The van der Waals surface area contributed by atoms with E-state index in [9.17, 15) is 9.90 Å². The van der Waals surface area contributed by atoms with Gasteiger partial charge in [-0.1, -0.05) is 32.4 Å². The Balaban J connectivity index is 1.97. The minimum atomic E-state index is -1.89. The van der Waals surface area contributed by atoms with E-state index in [1.165, 1.54) is 9.42 Å². The summed E-state index contributed by atoms with van der Waals surface area (Å²) in [6, 6.07) is 8.58. The summed E-state index contributed by atoms with van der Waals surface area (Å²) in [4.78, 5) is 18.1. The largest absolute Gasteiger partial charge is 0.494 e. The zero-order chi connectivity index (χ0) is 25.1. The van der Waals surface area contributed by atoms with Gasteiger partial charge in [-0.2, -0.15) is 9.61 Å². The minimum Gasteiger partial charge on any atom is -0.494 e. The quantitative estimate of drug-likeness (QED) is 0.202. The van der Waals surface area contributed by atoms with E-state index < -0.39 is 14.4 Å². The molecule has 3 rings (SSSR count). The van der Waals surface area contributed by atoms with Crippen LogP contribution in [0, 0.1) is 0 Å². The van der Waals surface area contributed by atoms with Gasteiger partial charge in [-0.3, -0.25) is 0 Å². The molecule has 8 nitrogen and oxygen atoms in total. The van der Waals surface area contributed by atoms with Crippen molar-refractivity contribution in [3.05, 3.63) is 47.2 Å². The summed E-state index contributed by atoms with van der Waals surface area (Å²) in [5, 5.41) is 14.9. The lowest BCUT2D eigenvalue weighted by Crippen LogP contribution is -2.41. The monoisotopic (exact) mass is 504 g/mol. The summed E-state index contributed by atoms with van der Waals surface area (Å²) in [6.07, 6.45) is 1.59. The molecule has 1 N–H and O–H groups in total. The predicted molar refractivity (Wildman–Crippen MR) is 137 cm³/mol. The van der Waals surface area contributed by atoms with E-state index in [0.717, 1.165) is 0 Å². The highest BCUT2D eigenvalue weighted by atomic mass is 35.5. The average Bonchev–Trinajstić information content (AvgIpc) is 3.21. The number of fused-ring (bicyclic) bond motifs is 1. The molecule has 0 aliphatic rings. The number of hydrogen-bond acceptors (Lipinski definition) is 5. The van der Waals surface area contributed by atoms with Crippen LogP contribution in [-0.4, -0.2) is 47.3 Å². The maximum Gasteiger partial charge on any atom is 0.417 e. The number of benzene rings is 1. The zero-order valence-electron chi connectivity index (χ0n) is 20.6. The smallest absolute Gasteiger partial charge is 0.417 e. The number of carboxylic acid groups (broad SMARTS) is 1. The van der Waals surface area contributed by atoms with E-state index in [1.54, 1.807) is 36.5 Å². The summed E-state index contributed by atoms with van der Waals surface area (Å²) in [7, 11) is -1.89. The highest BCUT2D eigenvalue weighted by molar-refractivity contribution is 6.74. The third kappa shape index (κ3) is 5.53. The number of rotatable bonds is 9. The third-order valence-corrected chi connectivity index (χ3v) is 11.1. The van der Waals surface area contributed by atoms with Gasteiger partial charge in [-0.15, -0.1) is 0 Å². The molecule has 184 valence electrons.